The van der Waals surface area contributed by atoms with Crippen molar-refractivity contribution in [1.29, 1.82) is 0 Å². The van der Waals surface area contributed by atoms with Crippen molar-refractivity contribution >= 4 is 35.3 Å². The van der Waals surface area contributed by atoms with E-state index in [-0.39, 0.29) is 6.42 Å². The molecule has 0 heterocycles. The van der Waals surface area contributed by atoms with Gasteiger partial charge in [0.2, 0.25) is 11.8 Å². The summed E-state index contributed by atoms with van der Waals surface area (Å²) >= 11 is 5.96. The molecule has 2 aromatic carbocycles. The molecule has 0 radical (unpaired) electrons. The second-order valence-corrected chi connectivity index (χ2v) is 5.15. The predicted octanol–water partition coefficient (Wildman–Crippen LogP) is 2.83. The molecule has 2 aromatic rings. The molecule has 6 nitrogen and oxygen atoms in total. The minimum Gasteiger partial charge on any atom is -0.495 e. The highest BCUT2D eigenvalue weighted by molar-refractivity contribution is 6.33. The number of para-hydroxylation sites is 2. The Bertz CT molecular complexity index is 762. The number of hydrazone groups is 1. The highest BCUT2D eigenvalue weighted by Gasteiger charge is 2.11. The lowest BCUT2D eigenvalue weighted by Crippen LogP contribution is -2.24. The van der Waals surface area contributed by atoms with Crippen molar-refractivity contribution in [2.24, 2.45) is 5.10 Å². The zero-order valence-electron chi connectivity index (χ0n) is 13.0. The van der Waals surface area contributed by atoms with Crippen molar-refractivity contribution in [3.8, 4) is 5.75 Å². The Labute approximate surface area is 144 Å². The Morgan fingerprint density at radius 1 is 1.12 bits per heavy atom. The third-order valence-electron chi connectivity index (χ3n) is 3.00. The van der Waals surface area contributed by atoms with Crippen molar-refractivity contribution in [2.45, 2.75) is 6.42 Å². The lowest BCUT2D eigenvalue weighted by molar-refractivity contribution is -0.126. The third-order valence-corrected chi connectivity index (χ3v) is 3.34. The Kier molecular flexibility index (Phi) is 6.33. The molecule has 124 valence electrons. The number of halogens is 1. The fraction of sp³-hybridized carbons (Fsp3) is 0.118. The van der Waals surface area contributed by atoms with Crippen LogP contribution in [-0.2, 0) is 9.59 Å². The first-order chi connectivity index (χ1) is 11.6. The molecule has 2 N–H and O–H groups in total. The number of amides is 2. The van der Waals surface area contributed by atoms with E-state index in [1.54, 1.807) is 48.5 Å². The van der Waals surface area contributed by atoms with Crippen LogP contribution in [0.3, 0.4) is 0 Å². The van der Waals surface area contributed by atoms with Crippen molar-refractivity contribution in [1.82, 2.24) is 5.43 Å². The van der Waals surface area contributed by atoms with Gasteiger partial charge in [0, 0.05) is 10.6 Å². The van der Waals surface area contributed by atoms with Crippen molar-refractivity contribution in [2.75, 3.05) is 12.4 Å². The molecular formula is C17H16ClN3O3. The SMILES string of the molecule is COc1ccccc1NC(=O)CC(=O)NN=Cc1ccccc1Cl. The first kappa shape index (κ1) is 17.5. The molecule has 0 aliphatic rings. The summed E-state index contributed by atoms with van der Waals surface area (Å²) in [5.41, 5.74) is 3.45. The van der Waals surface area contributed by atoms with Crippen LogP contribution >= 0.6 is 11.6 Å². The second-order valence-electron chi connectivity index (χ2n) is 4.74. The number of rotatable bonds is 6. The van der Waals surface area contributed by atoms with Gasteiger partial charge in [-0.25, -0.2) is 5.43 Å². The summed E-state index contributed by atoms with van der Waals surface area (Å²) in [6.45, 7) is 0. The molecule has 0 aromatic heterocycles. The number of nitrogens with zero attached hydrogens (tertiary/aromatic N) is 1. The lowest BCUT2D eigenvalue weighted by atomic mass is 10.2. The fourth-order valence-corrected chi connectivity index (χ4v) is 2.07. The molecule has 0 fully saturated rings. The standard InChI is InChI=1S/C17H16ClN3O3/c1-24-15-9-5-4-8-14(15)20-16(22)10-17(23)21-19-11-12-6-2-3-7-13(12)18/h2-9,11H,10H2,1H3,(H,20,22)(H,21,23). The number of nitrogens with one attached hydrogen (secondary N) is 2. The van der Waals surface area contributed by atoms with E-state index < -0.39 is 11.8 Å². The number of carbonyl (C=O) groups is 2. The van der Waals surface area contributed by atoms with E-state index in [0.29, 0.717) is 22.0 Å². The Morgan fingerprint density at radius 2 is 1.83 bits per heavy atom. The van der Waals surface area contributed by atoms with Crippen LogP contribution < -0.4 is 15.5 Å². The maximum Gasteiger partial charge on any atom is 0.249 e. The number of benzene rings is 2. The number of hydrogen-bond donors (Lipinski definition) is 2. The minimum atomic E-state index is -0.536. The number of methoxy groups -OCH3 is 1. The summed E-state index contributed by atoms with van der Waals surface area (Å²) < 4.78 is 5.12. The fourth-order valence-electron chi connectivity index (χ4n) is 1.88. The van der Waals surface area contributed by atoms with Gasteiger partial charge in [-0.15, -0.1) is 0 Å². The van der Waals surface area contributed by atoms with Crippen molar-refractivity contribution < 1.29 is 14.3 Å². The average molecular weight is 346 g/mol. The van der Waals surface area contributed by atoms with Gasteiger partial charge in [0.25, 0.3) is 0 Å². The van der Waals surface area contributed by atoms with Crippen LogP contribution in [0, 0.1) is 0 Å². The first-order valence-electron chi connectivity index (χ1n) is 7.09. The molecular weight excluding hydrogens is 330 g/mol. The van der Waals surface area contributed by atoms with E-state index in [2.05, 4.69) is 15.8 Å². The van der Waals surface area contributed by atoms with Crippen LogP contribution in [0.1, 0.15) is 12.0 Å². The summed E-state index contributed by atoms with van der Waals surface area (Å²) in [4.78, 5) is 23.6. The smallest absolute Gasteiger partial charge is 0.249 e. The topological polar surface area (TPSA) is 79.8 Å². The number of ether oxygens (including phenoxy) is 1. The van der Waals surface area contributed by atoms with Gasteiger partial charge in [-0.2, -0.15) is 5.10 Å². The molecule has 0 saturated carbocycles. The Balaban J connectivity index is 1.86. The summed E-state index contributed by atoms with van der Waals surface area (Å²) in [6, 6.07) is 14.0. The van der Waals surface area contributed by atoms with Crippen LogP contribution in [-0.4, -0.2) is 25.1 Å². The monoisotopic (exact) mass is 345 g/mol. The van der Waals surface area contributed by atoms with E-state index >= 15 is 0 Å². The van der Waals surface area contributed by atoms with Gasteiger partial charge in [0.05, 0.1) is 19.0 Å². The average Bonchev–Trinajstić information content (AvgIpc) is 2.57. The highest BCUT2D eigenvalue weighted by atomic mass is 35.5. The van der Waals surface area contributed by atoms with Crippen molar-refractivity contribution in [3.63, 3.8) is 0 Å². The predicted molar refractivity (Wildman–Crippen MR) is 93.4 cm³/mol. The van der Waals surface area contributed by atoms with Gasteiger partial charge in [-0.1, -0.05) is 41.9 Å². The number of hydrogen-bond acceptors (Lipinski definition) is 4. The van der Waals surface area contributed by atoms with Gasteiger partial charge >= 0.3 is 0 Å². The van der Waals surface area contributed by atoms with Crippen LogP contribution in [0.5, 0.6) is 5.75 Å². The van der Waals surface area contributed by atoms with Gasteiger partial charge in [0.15, 0.2) is 0 Å². The molecule has 0 spiro atoms. The molecule has 0 atom stereocenters. The minimum absolute atomic E-state index is 0.363. The quantitative estimate of drug-likeness (QED) is 0.480. The Morgan fingerprint density at radius 3 is 2.58 bits per heavy atom. The van der Waals surface area contributed by atoms with Gasteiger partial charge < -0.3 is 10.1 Å². The number of carbonyl (C=O) groups excluding carboxylic acids is 2. The van der Waals surface area contributed by atoms with E-state index in [4.69, 9.17) is 16.3 Å². The zero-order valence-corrected chi connectivity index (χ0v) is 13.7. The summed E-state index contributed by atoms with van der Waals surface area (Å²) in [7, 11) is 1.50. The molecule has 24 heavy (non-hydrogen) atoms. The normalized spacial score (nSPS) is 10.4. The molecule has 0 saturated heterocycles. The molecule has 0 aliphatic carbocycles. The highest BCUT2D eigenvalue weighted by Crippen LogP contribution is 2.22. The van der Waals surface area contributed by atoms with Crippen LogP contribution in [0.4, 0.5) is 5.69 Å². The maximum absolute atomic E-state index is 11.9. The molecule has 0 aliphatic heterocycles. The van der Waals surface area contributed by atoms with E-state index in [1.165, 1.54) is 13.3 Å². The van der Waals surface area contributed by atoms with Gasteiger partial charge in [0.1, 0.15) is 12.2 Å². The summed E-state index contributed by atoms with van der Waals surface area (Å²) in [6.07, 6.45) is 1.05. The van der Waals surface area contributed by atoms with Crippen molar-refractivity contribution in [3.05, 3.63) is 59.1 Å². The van der Waals surface area contributed by atoms with Crippen LogP contribution in [0.15, 0.2) is 53.6 Å². The molecule has 0 unspecified atom stereocenters. The van der Waals surface area contributed by atoms with E-state index in [0.717, 1.165) is 0 Å². The second kappa shape index (κ2) is 8.69. The van der Waals surface area contributed by atoms with Gasteiger partial charge in [-0.3, -0.25) is 9.59 Å². The maximum atomic E-state index is 11.9. The van der Waals surface area contributed by atoms with Crippen LogP contribution in [0.25, 0.3) is 0 Å². The van der Waals surface area contributed by atoms with Crippen LogP contribution in [0.2, 0.25) is 5.02 Å². The lowest BCUT2D eigenvalue weighted by Gasteiger charge is -2.09. The Hall–Kier alpha value is -2.86. The zero-order chi connectivity index (χ0) is 17.4. The third kappa shape index (κ3) is 5.10. The first-order valence-corrected chi connectivity index (χ1v) is 7.47. The molecule has 0 bridgehead atoms. The number of anilines is 1. The molecule has 2 rings (SSSR count). The van der Waals surface area contributed by atoms with Gasteiger partial charge in [-0.05, 0) is 18.2 Å². The van der Waals surface area contributed by atoms with E-state index in [1.807, 2.05) is 0 Å². The summed E-state index contributed by atoms with van der Waals surface area (Å²) in [5, 5.41) is 6.91. The van der Waals surface area contributed by atoms with E-state index in [9.17, 15) is 9.59 Å². The molecule has 7 heteroatoms. The largest absolute Gasteiger partial charge is 0.495 e. The molecule has 2 amide bonds. The summed E-state index contributed by atoms with van der Waals surface area (Å²) in [5.74, 6) is -0.487.